The minimum Gasteiger partial charge on any atom is -0.492 e. The Labute approximate surface area is 107 Å². The number of rotatable bonds is 2. The molecular formula is C16H17NO. The molecule has 3 aromatic rings. The Morgan fingerprint density at radius 2 is 1.78 bits per heavy atom. The first-order valence-corrected chi connectivity index (χ1v) is 6.35. The molecule has 2 heteroatoms. The number of H-pyrrole nitrogens is 1. The molecule has 92 valence electrons. The molecule has 0 fully saturated rings. The summed E-state index contributed by atoms with van der Waals surface area (Å²) in [5.74, 6) is 0.935. The van der Waals surface area contributed by atoms with Gasteiger partial charge in [-0.1, -0.05) is 24.3 Å². The number of nitrogens with one attached hydrogen (secondary N) is 1. The summed E-state index contributed by atoms with van der Waals surface area (Å²) < 4.78 is 5.70. The van der Waals surface area contributed by atoms with Crippen LogP contribution < -0.4 is 4.74 Å². The summed E-state index contributed by atoms with van der Waals surface area (Å²) in [7, 11) is 0. The maximum absolute atomic E-state index is 5.70. The quantitative estimate of drug-likeness (QED) is 0.707. The van der Waals surface area contributed by atoms with Crippen LogP contribution in [0.2, 0.25) is 0 Å². The molecule has 0 bridgehead atoms. The number of hydrogen-bond donors (Lipinski definition) is 1. The van der Waals surface area contributed by atoms with Crippen LogP contribution in [0.15, 0.2) is 30.3 Å². The molecule has 0 aliphatic carbocycles. The van der Waals surface area contributed by atoms with Gasteiger partial charge >= 0.3 is 0 Å². The van der Waals surface area contributed by atoms with Crippen LogP contribution in [-0.2, 0) is 0 Å². The van der Waals surface area contributed by atoms with Crippen LogP contribution >= 0.6 is 0 Å². The molecule has 0 atom stereocenters. The fraction of sp³-hybridized carbons (Fsp3) is 0.250. The molecule has 0 saturated carbocycles. The molecule has 0 amide bonds. The number of ether oxygens (including phenoxy) is 1. The lowest BCUT2D eigenvalue weighted by Gasteiger charge is -2.03. The van der Waals surface area contributed by atoms with Gasteiger partial charge in [0.25, 0.3) is 0 Å². The van der Waals surface area contributed by atoms with Crippen LogP contribution in [0, 0.1) is 13.8 Å². The molecule has 0 radical (unpaired) electrons. The lowest BCUT2D eigenvalue weighted by atomic mass is 10.0. The Morgan fingerprint density at radius 1 is 1.00 bits per heavy atom. The largest absolute Gasteiger partial charge is 0.492 e. The molecule has 2 aromatic carbocycles. The number of aryl methyl sites for hydroxylation is 2. The Hall–Kier alpha value is -1.96. The molecule has 1 aromatic heterocycles. The normalized spacial score (nSPS) is 11.3. The molecule has 0 saturated heterocycles. The van der Waals surface area contributed by atoms with E-state index in [-0.39, 0.29) is 0 Å². The van der Waals surface area contributed by atoms with E-state index in [1.165, 1.54) is 27.4 Å². The zero-order valence-electron chi connectivity index (χ0n) is 11.0. The first kappa shape index (κ1) is 11.1. The van der Waals surface area contributed by atoms with Gasteiger partial charge < -0.3 is 9.72 Å². The number of hydrogen-bond acceptors (Lipinski definition) is 1. The van der Waals surface area contributed by atoms with Crippen molar-refractivity contribution in [2.45, 2.75) is 20.8 Å². The molecular weight excluding hydrogens is 222 g/mol. The first-order valence-electron chi connectivity index (χ1n) is 6.35. The van der Waals surface area contributed by atoms with E-state index in [9.17, 15) is 0 Å². The lowest BCUT2D eigenvalue weighted by Crippen LogP contribution is -1.91. The fourth-order valence-electron chi connectivity index (χ4n) is 2.59. The van der Waals surface area contributed by atoms with E-state index in [1.807, 2.05) is 13.0 Å². The second kappa shape index (κ2) is 4.05. The summed E-state index contributed by atoms with van der Waals surface area (Å²) >= 11 is 0. The molecule has 0 aliphatic rings. The molecule has 2 nitrogen and oxygen atoms in total. The highest BCUT2D eigenvalue weighted by atomic mass is 16.5. The maximum Gasteiger partial charge on any atom is 0.143 e. The van der Waals surface area contributed by atoms with Crippen LogP contribution in [0.1, 0.15) is 18.1 Å². The second-order valence-electron chi connectivity index (χ2n) is 4.69. The van der Waals surface area contributed by atoms with Gasteiger partial charge in [0, 0.05) is 16.3 Å². The maximum atomic E-state index is 5.70. The average Bonchev–Trinajstić information content (AvgIpc) is 2.76. The van der Waals surface area contributed by atoms with Crippen molar-refractivity contribution in [2.24, 2.45) is 0 Å². The van der Waals surface area contributed by atoms with Gasteiger partial charge in [0.05, 0.1) is 12.1 Å². The topological polar surface area (TPSA) is 25.0 Å². The Kier molecular flexibility index (Phi) is 2.51. The molecule has 0 spiro atoms. The predicted molar refractivity (Wildman–Crippen MR) is 76.4 cm³/mol. The third-order valence-electron chi connectivity index (χ3n) is 3.47. The van der Waals surface area contributed by atoms with E-state index in [4.69, 9.17) is 4.74 Å². The van der Waals surface area contributed by atoms with Crippen LogP contribution in [0.5, 0.6) is 5.75 Å². The summed E-state index contributed by atoms with van der Waals surface area (Å²) in [5, 5.41) is 2.56. The predicted octanol–water partition coefficient (Wildman–Crippen LogP) is 4.34. The van der Waals surface area contributed by atoms with Crippen LogP contribution in [0.4, 0.5) is 0 Å². The van der Waals surface area contributed by atoms with E-state index in [2.05, 4.69) is 43.1 Å². The SMILES string of the molecule is CCOc1cccc2c1[nH]c1c(C)ccc(C)c12. The Balaban J connectivity index is 2.47. The number of aromatic amines is 1. The molecule has 3 rings (SSSR count). The Bertz CT molecular complexity index is 725. The number of aromatic nitrogens is 1. The van der Waals surface area contributed by atoms with E-state index in [1.54, 1.807) is 0 Å². The summed E-state index contributed by atoms with van der Waals surface area (Å²) in [6.07, 6.45) is 0. The van der Waals surface area contributed by atoms with Gasteiger partial charge in [-0.25, -0.2) is 0 Å². The second-order valence-corrected chi connectivity index (χ2v) is 4.69. The summed E-state index contributed by atoms with van der Waals surface area (Å²) in [4.78, 5) is 3.52. The van der Waals surface area contributed by atoms with E-state index in [0.29, 0.717) is 6.61 Å². The van der Waals surface area contributed by atoms with Crippen molar-refractivity contribution < 1.29 is 4.74 Å². The summed E-state index contributed by atoms with van der Waals surface area (Å²) in [6.45, 7) is 6.99. The minimum absolute atomic E-state index is 0.687. The highest BCUT2D eigenvalue weighted by Crippen LogP contribution is 2.34. The van der Waals surface area contributed by atoms with Crippen molar-refractivity contribution in [3.05, 3.63) is 41.5 Å². The van der Waals surface area contributed by atoms with Crippen molar-refractivity contribution in [1.82, 2.24) is 4.98 Å². The summed E-state index contributed by atoms with van der Waals surface area (Å²) in [5.41, 5.74) is 4.90. The number of benzene rings is 2. The smallest absolute Gasteiger partial charge is 0.143 e. The number of para-hydroxylation sites is 1. The van der Waals surface area contributed by atoms with Gasteiger partial charge in [0.15, 0.2) is 0 Å². The van der Waals surface area contributed by atoms with Gasteiger partial charge in [0.2, 0.25) is 0 Å². The van der Waals surface area contributed by atoms with E-state index in [0.717, 1.165) is 11.3 Å². The molecule has 18 heavy (non-hydrogen) atoms. The monoisotopic (exact) mass is 239 g/mol. The van der Waals surface area contributed by atoms with Crippen LogP contribution in [0.3, 0.4) is 0 Å². The lowest BCUT2D eigenvalue weighted by molar-refractivity contribution is 0.344. The first-order chi connectivity index (χ1) is 8.72. The average molecular weight is 239 g/mol. The minimum atomic E-state index is 0.687. The third-order valence-corrected chi connectivity index (χ3v) is 3.47. The standard InChI is InChI=1S/C16H17NO/c1-4-18-13-7-5-6-12-14-10(2)8-9-11(3)15(14)17-16(12)13/h5-9,17H,4H2,1-3H3. The van der Waals surface area contributed by atoms with Gasteiger partial charge in [-0.3, -0.25) is 0 Å². The van der Waals surface area contributed by atoms with E-state index >= 15 is 0 Å². The van der Waals surface area contributed by atoms with Crippen molar-refractivity contribution in [3.8, 4) is 5.75 Å². The molecule has 0 aliphatic heterocycles. The highest BCUT2D eigenvalue weighted by Gasteiger charge is 2.11. The highest BCUT2D eigenvalue weighted by molar-refractivity contribution is 6.11. The summed E-state index contributed by atoms with van der Waals surface area (Å²) in [6, 6.07) is 10.6. The van der Waals surface area contributed by atoms with Crippen LogP contribution in [-0.4, -0.2) is 11.6 Å². The van der Waals surface area contributed by atoms with Crippen molar-refractivity contribution >= 4 is 21.8 Å². The molecule has 1 N–H and O–H groups in total. The van der Waals surface area contributed by atoms with Gasteiger partial charge in [-0.05, 0) is 38.0 Å². The van der Waals surface area contributed by atoms with E-state index < -0.39 is 0 Å². The number of fused-ring (bicyclic) bond motifs is 3. The van der Waals surface area contributed by atoms with Gasteiger partial charge in [-0.2, -0.15) is 0 Å². The van der Waals surface area contributed by atoms with Gasteiger partial charge in [0.1, 0.15) is 5.75 Å². The fourth-order valence-corrected chi connectivity index (χ4v) is 2.59. The van der Waals surface area contributed by atoms with Crippen molar-refractivity contribution in [1.29, 1.82) is 0 Å². The molecule has 1 heterocycles. The third kappa shape index (κ3) is 1.49. The Morgan fingerprint density at radius 3 is 2.56 bits per heavy atom. The van der Waals surface area contributed by atoms with Crippen molar-refractivity contribution in [2.75, 3.05) is 6.61 Å². The molecule has 0 unspecified atom stereocenters. The zero-order chi connectivity index (χ0) is 12.7. The van der Waals surface area contributed by atoms with Crippen LogP contribution in [0.25, 0.3) is 21.8 Å². The van der Waals surface area contributed by atoms with Crippen molar-refractivity contribution in [3.63, 3.8) is 0 Å². The van der Waals surface area contributed by atoms with Gasteiger partial charge in [-0.15, -0.1) is 0 Å². The zero-order valence-corrected chi connectivity index (χ0v) is 11.0.